The summed E-state index contributed by atoms with van der Waals surface area (Å²) < 4.78 is 18.9. The van der Waals surface area contributed by atoms with Crippen molar-refractivity contribution < 1.29 is 23.8 Å². The average molecular weight is 432 g/mol. The molecule has 0 radical (unpaired) electrons. The molecule has 1 fully saturated rings. The van der Waals surface area contributed by atoms with Crippen LogP contribution in [-0.4, -0.2) is 56.3 Å². The number of fused-ring (bicyclic) bond motifs is 1. The Labute approximate surface area is 177 Å². The molecule has 2 aromatic rings. The summed E-state index contributed by atoms with van der Waals surface area (Å²) in [6.07, 6.45) is -1.16. The summed E-state index contributed by atoms with van der Waals surface area (Å²) in [5.41, 5.74) is 15.3. The first-order valence-electron chi connectivity index (χ1n) is 9.74. The molecule has 13 heteroatoms. The van der Waals surface area contributed by atoms with E-state index in [1.54, 1.807) is 27.7 Å². The van der Waals surface area contributed by atoms with E-state index in [4.69, 9.17) is 25.5 Å². The molecule has 0 bridgehead atoms. The molecule has 0 spiro atoms. The van der Waals surface area contributed by atoms with Gasteiger partial charge in [0.25, 0.3) is 0 Å². The molecule has 166 valence electrons. The van der Waals surface area contributed by atoms with E-state index in [0.29, 0.717) is 11.2 Å². The number of ether oxygens (including phenoxy) is 3. The van der Waals surface area contributed by atoms with Gasteiger partial charge in [-0.15, -0.1) is 0 Å². The van der Waals surface area contributed by atoms with Gasteiger partial charge in [-0.25, -0.2) is 15.0 Å². The lowest BCUT2D eigenvalue weighted by molar-refractivity contribution is -0.172. The predicted molar refractivity (Wildman–Crippen MR) is 107 cm³/mol. The summed E-state index contributed by atoms with van der Waals surface area (Å²) in [4.78, 5) is 39.9. The lowest BCUT2D eigenvalue weighted by atomic mass is 10.1. The van der Waals surface area contributed by atoms with Crippen LogP contribution in [-0.2, 0) is 23.8 Å². The van der Waals surface area contributed by atoms with Crippen LogP contribution in [0.3, 0.4) is 0 Å². The normalized spacial score (nSPS) is 23.2. The lowest BCUT2D eigenvalue weighted by Crippen LogP contribution is -2.41. The number of nitrogens with two attached hydrogens (primary N) is 1. The van der Waals surface area contributed by atoms with Crippen molar-refractivity contribution in [3.8, 4) is 0 Å². The van der Waals surface area contributed by atoms with E-state index < -0.39 is 48.3 Å². The predicted octanol–water partition coefficient (Wildman–Crippen LogP) is 1.75. The van der Waals surface area contributed by atoms with Gasteiger partial charge in [0.2, 0.25) is 0 Å². The summed E-state index contributed by atoms with van der Waals surface area (Å²) in [5, 5.41) is 3.55. The zero-order chi connectivity index (χ0) is 22.7. The van der Waals surface area contributed by atoms with Gasteiger partial charge in [0.05, 0.1) is 24.7 Å². The Kier molecular flexibility index (Phi) is 6.56. The number of hydrogen-bond acceptors (Lipinski definition) is 10. The topological polar surface area (TPSA) is 180 Å². The van der Waals surface area contributed by atoms with Crippen LogP contribution in [0.2, 0.25) is 0 Å². The summed E-state index contributed by atoms with van der Waals surface area (Å²) in [6, 6.07) is 0. The Morgan fingerprint density at radius 3 is 2.45 bits per heavy atom. The van der Waals surface area contributed by atoms with Crippen molar-refractivity contribution >= 4 is 28.9 Å². The molecular formula is C18H24N8O5. The van der Waals surface area contributed by atoms with Crippen molar-refractivity contribution in [3.63, 3.8) is 0 Å². The molecule has 31 heavy (non-hydrogen) atoms. The highest BCUT2D eigenvalue weighted by atomic mass is 16.6. The maximum absolute atomic E-state index is 12.4. The van der Waals surface area contributed by atoms with E-state index in [1.807, 2.05) is 0 Å². The third-order valence-corrected chi connectivity index (χ3v) is 4.72. The van der Waals surface area contributed by atoms with Crippen molar-refractivity contribution in [1.82, 2.24) is 19.5 Å². The molecule has 3 rings (SSSR count). The minimum absolute atomic E-state index is 0.136. The molecule has 1 aliphatic rings. The fourth-order valence-electron chi connectivity index (χ4n) is 3.06. The van der Waals surface area contributed by atoms with E-state index in [0.717, 1.165) is 0 Å². The van der Waals surface area contributed by atoms with E-state index in [9.17, 15) is 9.59 Å². The Morgan fingerprint density at radius 1 is 1.19 bits per heavy atom. The first kappa shape index (κ1) is 22.2. The van der Waals surface area contributed by atoms with Crippen molar-refractivity contribution in [1.29, 1.82) is 0 Å². The summed E-state index contributed by atoms with van der Waals surface area (Å²) in [5.74, 6) is -1.70. The molecule has 1 saturated heterocycles. The summed E-state index contributed by atoms with van der Waals surface area (Å²) in [7, 11) is 0. The van der Waals surface area contributed by atoms with Crippen molar-refractivity contribution in [2.75, 3.05) is 12.3 Å². The zero-order valence-electron chi connectivity index (χ0n) is 17.6. The first-order chi connectivity index (χ1) is 14.7. The monoisotopic (exact) mass is 432 g/mol. The van der Waals surface area contributed by atoms with Gasteiger partial charge >= 0.3 is 11.9 Å². The number of nitrogens with zero attached hydrogens (tertiary/aromatic N) is 7. The second-order valence-electron chi connectivity index (χ2n) is 7.67. The number of esters is 2. The molecular weight excluding hydrogens is 408 g/mol. The van der Waals surface area contributed by atoms with E-state index >= 15 is 0 Å². The molecule has 0 aromatic carbocycles. The van der Waals surface area contributed by atoms with Crippen LogP contribution < -0.4 is 5.73 Å². The molecule has 0 unspecified atom stereocenters. The largest absolute Gasteiger partial charge is 0.455 e. The number of imidazole rings is 1. The minimum Gasteiger partial charge on any atom is -0.455 e. The number of carbonyl (C=O) groups is 2. The van der Waals surface area contributed by atoms with Crippen molar-refractivity contribution in [2.24, 2.45) is 17.0 Å². The van der Waals surface area contributed by atoms with Crippen LogP contribution in [0, 0.1) is 11.8 Å². The Bertz CT molecular complexity index is 1020. The fraction of sp³-hybridized carbons (Fsp3) is 0.611. The van der Waals surface area contributed by atoms with E-state index in [1.165, 1.54) is 17.2 Å². The van der Waals surface area contributed by atoms with Crippen LogP contribution >= 0.6 is 0 Å². The number of hydrogen-bond donors (Lipinski definition) is 1. The quantitative estimate of drug-likeness (QED) is 0.295. The molecule has 2 N–H and O–H groups in total. The number of rotatable bonds is 7. The summed E-state index contributed by atoms with van der Waals surface area (Å²) in [6.45, 7) is 6.58. The van der Waals surface area contributed by atoms with E-state index in [2.05, 4.69) is 25.0 Å². The SMILES string of the molecule is CC(C)C(=O)O[C@@H]1[C@H](OC(=O)C(C)C)[C@@H](CN=[N+]=[N-])O[C@H]1n1cnc2c(N)ncnc21. The van der Waals surface area contributed by atoms with Gasteiger partial charge in [-0.05, 0) is 5.53 Å². The van der Waals surface area contributed by atoms with Gasteiger partial charge in [-0.1, -0.05) is 32.8 Å². The molecule has 13 nitrogen and oxygen atoms in total. The van der Waals surface area contributed by atoms with Crippen molar-refractivity contribution in [2.45, 2.75) is 52.2 Å². The molecule has 3 heterocycles. The van der Waals surface area contributed by atoms with Crippen LogP contribution in [0.1, 0.15) is 33.9 Å². The second-order valence-corrected chi connectivity index (χ2v) is 7.67. The highest BCUT2D eigenvalue weighted by molar-refractivity contribution is 5.81. The number of anilines is 1. The van der Waals surface area contributed by atoms with Crippen LogP contribution in [0.4, 0.5) is 5.82 Å². The third kappa shape index (κ3) is 4.52. The Balaban J connectivity index is 2.05. The second kappa shape index (κ2) is 9.14. The highest BCUT2D eigenvalue weighted by Crippen LogP contribution is 2.36. The fourth-order valence-corrected chi connectivity index (χ4v) is 3.06. The summed E-state index contributed by atoms with van der Waals surface area (Å²) >= 11 is 0. The van der Waals surface area contributed by atoms with Crippen LogP contribution in [0.5, 0.6) is 0 Å². The van der Waals surface area contributed by atoms with Gasteiger partial charge in [0, 0.05) is 4.91 Å². The van der Waals surface area contributed by atoms with Crippen LogP contribution in [0.15, 0.2) is 17.8 Å². The van der Waals surface area contributed by atoms with Gasteiger partial charge in [0.15, 0.2) is 29.9 Å². The van der Waals surface area contributed by atoms with Gasteiger partial charge in [-0.2, -0.15) is 0 Å². The first-order valence-corrected chi connectivity index (χ1v) is 9.74. The highest BCUT2D eigenvalue weighted by Gasteiger charge is 2.51. The molecule has 0 saturated carbocycles. The lowest BCUT2D eigenvalue weighted by Gasteiger charge is -2.25. The average Bonchev–Trinajstić information content (AvgIpc) is 3.29. The smallest absolute Gasteiger partial charge is 0.308 e. The Morgan fingerprint density at radius 2 is 1.84 bits per heavy atom. The van der Waals surface area contributed by atoms with Gasteiger partial charge in [0.1, 0.15) is 17.9 Å². The molecule has 2 aromatic heterocycles. The molecule has 0 aliphatic carbocycles. The van der Waals surface area contributed by atoms with Crippen molar-refractivity contribution in [3.05, 3.63) is 23.1 Å². The standard InChI is InChI=1S/C18H24N8O5/c1-8(2)17(27)30-12-10(5-24-25-20)29-16(13(12)31-18(28)9(3)4)26-7-23-11-14(19)21-6-22-15(11)26/h6-10,12-13,16H,5H2,1-4H3,(H2,19,21,22)/t10-,12-,13-,16-/m1/s1. The zero-order valence-corrected chi connectivity index (χ0v) is 17.6. The number of azide groups is 1. The maximum atomic E-state index is 12.4. The maximum Gasteiger partial charge on any atom is 0.308 e. The number of aromatic nitrogens is 4. The third-order valence-electron chi connectivity index (χ3n) is 4.72. The minimum atomic E-state index is -1.04. The number of carbonyl (C=O) groups excluding carboxylic acids is 2. The number of nitrogen functional groups attached to an aromatic ring is 1. The molecule has 1 aliphatic heterocycles. The van der Waals surface area contributed by atoms with Gasteiger partial charge < -0.3 is 19.9 Å². The Hall–Kier alpha value is -3.44. The molecule has 0 amide bonds. The molecule has 4 atom stereocenters. The van der Waals surface area contributed by atoms with E-state index in [-0.39, 0.29) is 12.4 Å². The van der Waals surface area contributed by atoms with Crippen LogP contribution in [0.25, 0.3) is 21.6 Å². The van der Waals surface area contributed by atoms with Gasteiger partial charge in [-0.3, -0.25) is 14.2 Å².